The van der Waals surface area contributed by atoms with Crippen LogP contribution in [0.4, 0.5) is 0 Å². The fourth-order valence-electron chi connectivity index (χ4n) is 2.30. The predicted molar refractivity (Wildman–Crippen MR) is 62.8 cm³/mol. The number of rotatable bonds is 4. The standard InChI is InChI=1S/C12H22N2O2/c1-3-13-11(15)9-6-5-7-10(8-9)12(16)14-4-2/h9-10H,3-8H2,1-2H3,(H,13,15)(H,14,16). The highest BCUT2D eigenvalue weighted by Gasteiger charge is 2.30. The zero-order valence-electron chi connectivity index (χ0n) is 10.2. The van der Waals surface area contributed by atoms with Gasteiger partial charge in [0.1, 0.15) is 0 Å². The van der Waals surface area contributed by atoms with Gasteiger partial charge < -0.3 is 10.6 Å². The average Bonchev–Trinajstić information content (AvgIpc) is 2.30. The van der Waals surface area contributed by atoms with Crippen LogP contribution in [-0.4, -0.2) is 24.9 Å². The zero-order valence-corrected chi connectivity index (χ0v) is 10.2. The molecule has 4 heteroatoms. The maximum Gasteiger partial charge on any atom is 0.223 e. The molecule has 2 unspecified atom stereocenters. The summed E-state index contributed by atoms with van der Waals surface area (Å²) in [5, 5.41) is 5.67. The summed E-state index contributed by atoms with van der Waals surface area (Å²) in [6, 6.07) is 0. The van der Waals surface area contributed by atoms with E-state index in [1.807, 2.05) is 13.8 Å². The van der Waals surface area contributed by atoms with E-state index in [0.717, 1.165) is 19.3 Å². The molecule has 1 aliphatic carbocycles. The Hall–Kier alpha value is -1.06. The molecule has 0 spiro atoms. The Morgan fingerprint density at radius 1 is 1.00 bits per heavy atom. The highest BCUT2D eigenvalue weighted by atomic mass is 16.2. The fraction of sp³-hybridized carbons (Fsp3) is 0.833. The summed E-state index contributed by atoms with van der Waals surface area (Å²) in [5.74, 6) is 0.274. The smallest absolute Gasteiger partial charge is 0.223 e. The van der Waals surface area contributed by atoms with Gasteiger partial charge in [0.15, 0.2) is 0 Å². The van der Waals surface area contributed by atoms with Gasteiger partial charge in [0.2, 0.25) is 11.8 Å². The first-order valence-corrected chi connectivity index (χ1v) is 6.24. The van der Waals surface area contributed by atoms with Crippen molar-refractivity contribution < 1.29 is 9.59 Å². The largest absolute Gasteiger partial charge is 0.356 e. The van der Waals surface area contributed by atoms with Crippen LogP contribution < -0.4 is 10.6 Å². The van der Waals surface area contributed by atoms with Crippen LogP contribution in [0.15, 0.2) is 0 Å². The first-order valence-electron chi connectivity index (χ1n) is 6.24. The number of hydrogen-bond acceptors (Lipinski definition) is 2. The van der Waals surface area contributed by atoms with Gasteiger partial charge in [0, 0.05) is 24.9 Å². The van der Waals surface area contributed by atoms with Crippen molar-refractivity contribution in [1.29, 1.82) is 0 Å². The molecular weight excluding hydrogens is 204 g/mol. The summed E-state index contributed by atoms with van der Waals surface area (Å²) < 4.78 is 0. The SMILES string of the molecule is CCNC(=O)C1CCCC(C(=O)NCC)C1. The number of hydrogen-bond donors (Lipinski definition) is 2. The van der Waals surface area contributed by atoms with E-state index in [2.05, 4.69) is 10.6 Å². The van der Waals surface area contributed by atoms with E-state index >= 15 is 0 Å². The van der Waals surface area contributed by atoms with Gasteiger partial charge in [-0.25, -0.2) is 0 Å². The number of carbonyl (C=O) groups is 2. The van der Waals surface area contributed by atoms with Gasteiger partial charge in [0.25, 0.3) is 0 Å². The molecule has 16 heavy (non-hydrogen) atoms. The van der Waals surface area contributed by atoms with Crippen LogP contribution in [-0.2, 0) is 9.59 Å². The van der Waals surface area contributed by atoms with Gasteiger partial charge in [-0.15, -0.1) is 0 Å². The van der Waals surface area contributed by atoms with Crippen LogP contribution in [0, 0.1) is 11.8 Å². The summed E-state index contributed by atoms with van der Waals surface area (Å²) in [6.07, 6.45) is 3.52. The summed E-state index contributed by atoms with van der Waals surface area (Å²) in [5.41, 5.74) is 0. The van der Waals surface area contributed by atoms with Crippen molar-refractivity contribution in [3.05, 3.63) is 0 Å². The van der Waals surface area contributed by atoms with Crippen molar-refractivity contribution in [3.63, 3.8) is 0 Å². The van der Waals surface area contributed by atoms with E-state index < -0.39 is 0 Å². The fourth-order valence-corrected chi connectivity index (χ4v) is 2.30. The average molecular weight is 226 g/mol. The molecule has 0 aromatic heterocycles. The summed E-state index contributed by atoms with van der Waals surface area (Å²) in [4.78, 5) is 23.4. The van der Waals surface area contributed by atoms with E-state index in [-0.39, 0.29) is 23.7 Å². The van der Waals surface area contributed by atoms with E-state index in [1.165, 1.54) is 0 Å². The third-order valence-corrected chi connectivity index (χ3v) is 3.12. The molecular formula is C12H22N2O2. The quantitative estimate of drug-likeness (QED) is 0.753. The first-order chi connectivity index (χ1) is 7.69. The molecule has 0 bridgehead atoms. The van der Waals surface area contributed by atoms with Crippen LogP contribution in [0.2, 0.25) is 0 Å². The Morgan fingerprint density at radius 3 is 1.81 bits per heavy atom. The molecule has 0 aromatic carbocycles. The van der Waals surface area contributed by atoms with Crippen molar-refractivity contribution in [1.82, 2.24) is 10.6 Å². The lowest BCUT2D eigenvalue weighted by Gasteiger charge is -2.27. The maximum absolute atomic E-state index is 11.7. The normalized spacial score (nSPS) is 24.9. The molecule has 0 heterocycles. The molecule has 1 saturated carbocycles. The Balaban J connectivity index is 2.46. The summed E-state index contributed by atoms with van der Waals surface area (Å²) >= 11 is 0. The molecule has 1 rings (SSSR count). The Labute approximate surface area is 97.2 Å². The maximum atomic E-state index is 11.7. The molecule has 0 aliphatic heterocycles. The lowest BCUT2D eigenvalue weighted by Crippen LogP contribution is -2.38. The molecule has 0 saturated heterocycles. The van der Waals surface area contributed by atoms with E-state index in [0.29, 0.717) is 19.5 Å². The van der Waals surface area contributed by atoms with Crippen LogP contribution in [0.1, 0.15) is 39.5 Å². The molecule has 4 nitrogen and oxygen atoms in total. The van der Waals surface area contributed by atoms with Gasteiger partial charge in [0.05, 0.1) is 0 Å². The van der Waals surface area contributed by atoms with Crippen molar-refractivity contribution in [3.8, 4) is 0 Å². The number of amides is 2. The highest BCUT2D eigenvalue weighted by molar-refractivity contribution is 5.82. The third-order valence-electron chi connectivity index (χ3n) is 3.12. The van der Waals surface area contributed by atoms with E-state index in [1.54, 1.807) is 0 Å². The van der Waals surface area contributed by atoms with Crippen LogP contribution >= 0.6 is 0 Å². The third kappa shape index (κ3) is 3.51. The second-order valence-corrected chi connectivity index (χ2v) is 4.35. The summed E-state index contributed by atoms with van der Waals surface area (Å²) in [7, 11) is 0. The minimum absolute atomic E-state index is 0.0290. The van der Waals surface area contributed by atoms with Gasteiger partial charge in [-0.05, 0) is 33.1 Å². The topological polar surface area (TPSA) is 58.2 Å². The highest BCUT2D eigenvalue weighted by Crippen LogP contribution is 2.29. The molecule has 1 aliphatic rings. The van der Waals surface area contributed by atoms with Crippen molar-refractivity contribution >= 4 is 11.8 Å². The predicted octanol–water partition coefficient (Wildman–Crippen LogP) is 1.06. The van der Waals surface area contributed by atoms with Crippen LogP contribution in [0.25, 0.3) is 0 Å². The minimum atomic E-state index is 0.0290. The molecule has 2 N–H and O–H groups in total. The van der Waals surface area contributed by atoms with Crippen LogP contribution in [0.3, 0.4) is 0 Å². The second-order valence-electron chi connectivity index (χ2n) is 4.35. The Kier molecular flexibility index (Phi) is 5.29. The lowest BCUT2D eigenvalue weighted by atomic mass is 9.80. The minimum Gasteiger partial charge on any atom is -0.356 e. The molecule has 0 aromatic rings. The van der Waals surface area contributed by atoms with Crippen molar-refractivity contribution in [2.45, 2.75) is 39.5 Å². The van der Waals surface area contributed by atoms with E-state index in [9.17, 15) is 9.59 Å². The molecule has 0 radical (unpaired) electrons. The van der Waals surface area contributed by atoms with E-state index in [4.69, 9.17) is 0 Å². The van der Waals surface area contributed by atoms with Gasteiger partial charge in [-0.3, -0.25) is 9.59 Å². The first kappa shape index (κ1) is 13.0. The molecule has 92 valence electrons. The monoisotopic (exact) mass is 226 g/mol. The molecule has 1 fully saturated rings. The zero-order chi connectivity index (χ0) is 12.0. The Bertz CT molecular complexity index is 229. The number of carbonyl (C=O) groups excluding carboxylic acids is 2. The van der Waals surface area contributed by atoms with Crippen molar-refractivity contribution in [2.75, 3.05) is 13.1 Å². The van der Waals surface area contributed by atoms with Crippen LogP contribution in [0.5, 0.6) is 0 Å². The Morgan fingerprint density at radius 2 is 1.44 bits per heavy atom. The summed E-state index contributed by atoms with van der Waals surface area (Å²) in [6.45, 7) is 5.17. The van der Waals surface area contributed by atoms with Gasteiger partial charge in [-0.1, -0.05) is 6.42 Å². The lowest BCUT2D eigenvalue weighted by molar-refractivity contribution is -0.130. The van der Waals surface area contributed by atoms with Gasteiger partial charge in [-0.2, -0.15) is 0 Å². The molecule has 2 amide bonds. The second kappa shape index (κ2) is 6.51. The van der Waals surface area contributed by atoms with Gasteiger partial charge >= 0.3 is 0 Å². The molecule has 2 atom stereocenters. The number of nitrogens with one attached hydrogen (secondary N) is 2. The van der Waals surface area contributed by atoms with Crippen molar-refractivity contribution in [2.24, 2.45) is 11.8 Å².